The third-order valence-electron chi connectivity index (χ3n) is 4.03. The van der Waals surface area contributed by atoms with Gasteiger partial charge in [-0.15, -0.1) is 0 Å². The van der Waals surface area contributed by atoms with Crippen molar-refractivity contribution in [2.75, 3.05) is 13.6 Å². The van der Waals surface area contributed by atoms with Crippen LogP contribution in [0.3, 0.4) is 0 Å². The molecule has 0 saturated carbocycles. The highest BCUT2D eigenvalue weighted by Crippen LogP contribution is 2.30. The van der Waals surface area contributed by atoms with Gasteiger partial charge in [-0.1, -0.05) is 23.7 Å². The highest BCUT2D eigenvalue weighted by molar-refractivity contribution is 6.33. The third-order valence-corrected chi connectivity index (χ3v) is 4.33. The Kier molecular flexibility index (Phi) is 7.07. The van der Waals surface area contributed by atoms with Crippen LogP contribution in [0.2, 0.25) is 5.02 Å². The molecule has 0 heterocycles. The van der Waals surface area contributed by atoms with Gasteiger partial charge in [-0.05, 0) is 49.2 Å². The smallest absolute Gasteiger partial charge is 0.416 e. The zero-order valence-electron chi connectivity index (χ0n) is 15.7. The van der Waals surface area contributed by atoms with Crippen molar-refractivity contribution in [3.63, 3.8) is 0 Å². The van der Waals surface area contributed by atoms with Crippen LogP contribution in [0.15, 0.2) is 41.4 Å². The Morgan fingerprint density at radius 2 is 2.00 bits per heavy atom. The van der Waals surface area contributed by atoms with Crippen molar-refractivity contribution in [2.45, 2.75) is 26.6 Å². The number of ether oxygens (including phenoxy) is 1. The van der Waals surface area contributed by atoms with E-state index in [4.69, 9.17) is 16.3 Å². The van der Waals surface area contributed by atoms with Crippen LogP contribution in [0.25, 0.3) is 0 Å². The summed E-state index contributed by atoms with van der Waals surface area (Å²) >= 11 is 6.20. The van der Waals surface area contributed by atoms with Crippen molar-refractivity contribution in [2.24, 2.45) is 4.99 Å². The summed E-state index contributed by atoms with van der Waals surface area (Å²) in [6, 6.07) is 7.76. The van der Waals surface area contributed by atoms with Crippen molar-refractivity contribution in [1.82, 2.24) is 4.90 Å². The summed E-state index contributed by atoms with van der Waals surface area (Å²) in [6.45, 7) is 4.18. The van der Waals surface area contributed by atoms with Gasteiger partial charge in [0, 0.05) is 13.6 Å². The minimum absolute atomic E-state index is 0.236. The van der Waals surface area contributed by atoms with Crippen molar-refractivity contribution in [3.05, 3.63) is 63.7 Å². The van der Waals surface area contributed by atoms with E-state index in [-0.39, 0.29) is 22.8 Å². The maximum atomic E-state index is 12.8. The highest BCUT2D eigenvalue weighted by Gasteiger charge is 2.30. The molecule has 0 saturated heterocycles. The maximum absolute atomic E-state index is 12.8. The van der Waals surface area contributed by atoms with Gasteiger partial charge in [0.25, 0.3) is 0 Å². The number of alkyl halides is 3. The van der Waals surface area contributed by atoms with E-state index in [0.29, 0.717) is 11.3 Å². The monoisotopic (exact) mass is 412 g/mol. The fourth-order valence-electron chi connectivity index (χ4n) is 2.29. The standard InChI is InChI=1S/C20H20ClF3N2O2/c1-4-26(3)12-25-18-8-13(2)16(10-17(18)21)19(27)28-11-14-6-5-7-15(9-14)20(22,23)24/h5-10,12H,4,11H2,1-3H3/b25-12+. The van der Waals surface area contributed by atoms with E-state index in [1.807, 2.05) is 18.9 Å². The maximum Gasteiger partial charge on any atom is 0.416 e. The SMILES string of the molecule is CCN(C)/C=N/c1cc(C)c(C(=O)OCc2cccc(C(F)(F)F)c2)cc1Cl. The van der Waals surface area contributed by atoms with Crippen molar-refractivity contribution in [1.29, 1.82) is 0 Å². The molecule has 28 heavy (non-hydrogen) atoms. The molecule has 0 aliphatic rings. The predicted molar refractivity (Wildman–Crippen MR) is 103 cm³/mol. The van der Waals surface area contributed by atoms with Gasteiger partial charge in [-0.25, -0.2) is 9.79 Å². The first-order valence-electron chi connectivity index (χ1n) is 8.49. The summed E-state index contributed by atoms with van der Waals surface area (Å²) in [7, 11) is 1.86. The molecule has 0 radical (unpaired) electrons. The van der Waals surface area contributed by atoms with Gasteiger partial charge in [-0.3, -0.25) is 0 Å². The van der Waals surface area contributed by atoms with Gasteiger partial charge in [0.15, 0.2) is 0 Å². The number of esters is 1. The number of hydrogen-bond donors (Lipinski definition) is 0. The lowest BCUT2D eigenvalue weighted by Crippen LogP contribution is -2.14. The Labute approximate surface area is 166 Å². The average Bonchev–Trinajstić information content (AvgIpc) is 2.65. The molecule has 0 bridgehead atoms. The zero-order chi connectivity index (χ0) is 20.9. The zero-order valence-corrected chi connectivity index (χ0v) is 16.4. The molecule has 0 aliphatic carbocycles. The van der Waals surface area contributed by atoms with Gasteiger partial charge in [0.1, 0.15) is 6.61 Å². The molecule has 0 atom stereocenters. The van der Waals surface area contributed by atoms with Crippen molar-refractivity contribution < 1.29 is 22.7 Å². The Morgan fingerprint density at radius 3 is 2.64 bits per heavy atom. The lowest BCUT2D eigenvalue weighted by molar-refractivity contribution is -0.137. The van der Waals surface area contributed by atoms with E-state index >= 15 is 0 Å². The van der Waals surface area contributed by atoms with Crippen LogP contribution in [0.4, 0.5) is 18.9 Å². The summed E-state index contributed by atoms with van der Waals surface area (Å²) in [6.07, 6.45) is -2.82. The van der Waals surface area contributed by atoms with E-state index in [1.165, 1.54) is 18.2 Å². The van der Waals surface area contributed by atoms with Gasteiger partial charge in [-0.2, -0.15) is 13.2 Å². The second-order valence-electron chi connectivity index (χ2n) is 6.21. The average molecular weight is 413 g/mol. The molecule has 8 heteroatoms. The summed E-state index contributed by atoms with van der Waals surface area (Å²) in [5.74, 6) is -0.669. The van der Waals surface area contributed by atoms with Crippen LogP contribution >= 0.6 is 11.6 Å². The fourth-order valence-corrected chi connectivity index (χ4v) is 2.50. The first-order valence-corrected chi connectivity index (χ1v) is 8.87. The lowest BCUT2D eigenvalue weighted by atomic mass is 10.1. The van der Waals surface area contributed by atoms with Crippen LogP contribution < -0.4 is 0 Å². The Bertz CT molecular complexity index is 882. The van der Waals surface area contributed by atoms with Gasteiger partial charge in [0.2, 0.25) is 0 Å². The summed E-state index contributed by atoms with van der Waals surface area (Å²) in [5, 5.41) is 0.275. The Hall–Kier alpha value is -2.54. The number of hydrogen-bond acceptors (Lipinski definition) is 3. The number of halogens is 4. The van der Waals surface area contributed by atoms with Crippen LogP contribution in [0.1, 0.15) is 34.0 Å². The number of benzene rings is 2. The molecule has 2 aromatic carbocycles. The van der Waals surface area contributed by atoms with E-state index in [2.05, 4.69) is 4.99 Å². The minimum Gasteiger partial charge on any atom is -0.457 e. The second-order valence-corrected chi connectivity index (χ2v) is 6.62. The Morgan fingerprint density at radius 1 is 1.29 bits per heavy atom. The lowest BCUT2D eigenvalue weighted by Gasteiger charge is -2.12. The molecule has 0 amide bonds. The number of nitrogens with zero attached hydrogens (tertiary/aromatic N) is 2. The molecule has 150 valence electrons. The predicted octanol–water partition coefficient (Wildman–Crippen LogP) is 5.64. The summed E-state index contributed by atoms with van der Waals surface area (Å²) in [4.78, 5) is 18.5. The topological polar surface area (TPSA) is 41.9 Å². The van der Waals surface area contributed by atoms with E-state index in [1.54, 1.807) is 19.3 Å². The van der Waals surface area contributed by atoms with E-state index in [9.17, 15) is 18.0 Å². The molecule has 0 aliphatic heterocycles. The number of carbonyl (C=O) groups is 1. The molecule has 0 spiro atoms. The molecule has 2 rings (SSSR count). The molecule has 0 unspecified atom stereocenters. The fraction of sp³-hybridized carbons (Fsp3) is 0.300. The van der Waals surface area contributed by atoms with Gasteiger partial charge in [0.05, 0.1) is 28.2 Å². The molecular formula is C20H20ClF3N2O2. The second kappa shape index (κ2) is 9.10. The number of carbonyl (C=O) groups excluding carboxylic acids is 1. The molecule has 0 N–H and O–H groups in total. The number of aryl methyl sites for hydroxylation is 1. The first kappa shape index (κ1) is 21.8. The minimum atomic E-state index is -4.45. The van der Waals surface area contributed by atoms with Crippen molar-refractivity contribution in [3.8, 4) is 0 Å². The Balaban J connectivity index is 2.13. The van der Waals surface area contributed by atoms with Gasteiger partial charge < -0.3 is 9.64 Å². The summed E-state index contributed by atoms with van der Waals surface area (Å²) in [5.41, 5.74) is 0.800. The largest absolute Gasteiger partial charge is 0.457 e. The molecule has 0 aromatic heterocycles. The quantitative estimate of drug-likeness (QED) is 0.350. The summed E-state index contributed by atoms with van der Waals surface area (Å²) < 4.78 is 43.5. The van der Waals surface area contributed by atoms with Gasteiger partial charge >= 0.3 is 12.1 Å². The van der Waals surface area contributed by atoms with E-state index < -0.39 is 17.7 Å². The highest BCUT2D eigenvalue weighted by atomic mass is 35.5. The van der Waals surface area contributed by atoms with Crippen LogP contribution in [0.5, 0.6) is 0 Å². The molecular weight excluding hydrogens is 393 g/mol. The first-order chi connectivity index (χ1) is 13.1. The number of rotatable bonds is 6. The molecule has 2 aromatic rings. The third kappa shape index (κ3) is 5.73. The van der Waals surface area contributed by atoms with Crippen LogP contribution in [0, 0.1) is 6.92 Å². The normalized spacial score (nSPS) is 11.7. The molecule has 0 fully saturated rings. The molecule has 4 nitrogen and oxygen atoms in total. The number of aliphatic imine (C=N–C) groups is 1. The van der Waals surface area contributed by atoms with E-state index in [0.717, 1.165) is 18.7 Å². The van der Waals surface area contributed by atoms with Crippen LogP contribution in [-0.4, -0.2) is 30.8 Å². The van der Waals surface area contributed by atoms with Crippen LogP contribution in [-0.2, 0) is 17.5 Å². The van der Waals surface area contributed by atoms with Crippen molar-refractivity contribution >= 4 is 29.6 Å².